The summed E-state index contributed by atoms with van der Waals surface area (Å²) in [6, 6.07) is 6.97. The van der Waals surface area contributed by atoms with Crippen molar-refractivity contribution in [2.75, 3.05) is 26.2 Å². The summed E-state index contributed by atoms with van der Waals surface area (Å²) < 4.78 is 1.38. The molecule has 9 heteroatoms. The predicted octanol–water partition coefficient (Wildman–Crippen LogP) is 0.311. The van der Waals surface area contributed by atoms with Gasteiger partial charge < -0.3 is 9.80 Å². The molecule has 3 rings (SSSR count). The summed E-state index contributed by atoms with van der Waals surface area (Å²) in [7, 11) is 0. The number of rotatable bonds is 3. The molecule has 2 amide bonds. The molecule has 1 aromatic carbocycles. The first-order valence-corrected chi connectivity index (χ1v) is 7.55. The Hall–Kier alpha value is -2.48. The van der Waals surface area contributed by atoms with Crippen molar-refractivity contribution in [1.29, 1.82) is 0 Å². The van der Waals surface area contributed by atoms with E-state index >= 15 is 0 Å². The second-order valence-corrected chi connectivity index (χ2v) is 5.57. The third kappa shape index (κ3) is 3.48. The minimum absolute atomic E-state index is 0.0675. The molecule has 1 aliphatic rings. The lowest BCUT2D eigenvalue weighted by molar-refractivity contribution is -0.133. The van der Waals surface area contributed by atoms with Gasteiger partial charge in [-0.05, 0) is 22.6 Å². The summed E-state index contributed by atoms with van der Waals surface area (Å²) in [6.45, 7) is 2.02. The number of tetrazole rings is 1. The molecule has 0 aliphatic carbocycles. The minimum atomic E-state index is -0.108. The van der Waals surface area contributed by atoms with E-state index in [2.05, 4.69) is 15.5 Å². The van der Waals surface area contributed by atoms with Gasteiger partial charge in [0.05, 0.1) is 10.6 Å². The predicted molar refractivity (Wildman–Crippen MR) is 81.8 cm³/mol. The maximum atomic E-state index is 12.5. The molecule has 1 aromatic heterocycles. The summed E-state index contributed by atoms with van der Waals surface area (Å²) in [6.07, 6.45) is 1.40. The van der Waals surface area contributed by atoms with Crippen LogP contribution < -0.4 is 0 Å². The molecular weight excluding hydrogens is 320 g/mol. The Morgan fingerprint density at radius 2 is 1.78 bits per heavy atom. The third-order valence-electron chi connectivity index (χ3n) is 3.71. The van der Waals surface area contributed by atoms with Crippen molar-refractivity contribution < 1.29 is 9.59 Å². The highest BCUT2D eigenvalue weighted by Crippen LogP contribution is 2.18. The average Bonchev–Trinajstić information content (AvgIpc) is 3.08. The topological polar surface area (TPSA) is 84.2 Å². The third-order valence-corrected chi connectivity index (χ3v) is 4.04. The van der Waals surface area contributed by atoms with Crippen LogP contribution in [0.1, 0.15) is 10.4 Å². The number of carbonyl (C=O) groups is 2. The van der Waals surface area contributed by atoms with Gasteiger partial charge in [-0.1, -0.05) is 23.7 Å². The van der Waals surface area contributed by atoms with Crippen LogP contribution in [0.4, 0.5) is 0 Å². The van der Waals surface area contributed by atoms with Gasteiger partial charge in [0.1, 0.15) is 12.9 Å². The fourth-order valence-electron chi connectivity index (χ4n) is 2.46. The van der Waals surface area contributed by atoms with Crippen molar-refractivity contribution in [3.05, 3.63) is 41.2 Å². The second kappa shape index (κ2) is 6.74. The van der Waals surface area contributed by atoms with E-state index in [1.165, 1.54) is 11.0 Å². The minimum Gasteiger partial charge on any atom is -0.338 e. The van der Waals surface area contributed by atoms with Crippen LogP contribution in [-0.2, 0) is 11.3 Å². The summed E-state index contributed by atoms with van der Waals surface area (Å²) in [5, 5.41) is 11.1. The Labute approximate surface area is 137 Å². The van der Waals surface area contributed by atoms with Crippen LogP contribution in [0.5, 0.6) is 0 Å². The van der Waals surface area contributed by atoms with E-state index in [0.29, 0.717) is 36.8 Å². The number of hydrogen-bond acceptors (Lipinski definition) is 5. The van der Waals surface area contributed by atoms with Crippen molar-refractivity contribution >= 4 is 23.4 Å². The van der Waals surface area contributed by atoms with E-state index in [9.17, 15) is 9.59 Å². The van der Waals surface area contributed by atoms with Crippen LogP contribution in [0.15, 0.2) is 30.6 Å². The number of halogens is 1. The first-order valence-electron chi connectivity index (χ1n) is 7.17. The Morgan fingerprint density at radius 1 is 1.09 bits per heavy atom. The largest absolute Gasteiger partial charge is 0.338 e. The normalized spacial score (nSPS) is 14.8. The Balaban J connectivity index is 1.57. The fourth-order valence-corrected chi connectivity index (χ4v) is 2.67. The first-order chi connectivity index (χ1) is 11.1. The van der Waals surface area contributed by atoms with Crippen molar-refractivity contribution in [3.8, 4) is 0 Å². The lowest BCUT2D eigenvalue weighted by Gasteiger charge is -2.34. The van der Waals surface area contributed by atoms with Gasteiger partial charge >= 0.3 is 0 Å². The smallest absolute Gasteiger partial charge is 0.255 e. The molecule has 1 aliphatic heterocycles. The Kier molecular flexibility index (Phi) is 4.52. The zero-order valence-corrected chi connectivity index (χ0v) is 13.1. The van der Waals surface area contributed by atoms with Crippen molar-refractivity contribution in [3.63, 3.8) is 0 Å². The molecule has 0 saturated carbocycles. The SMILES string of the molecule is O=C(Cn1cnnn1)N1CCN(C(=O)c2ccccc2Cl)CC1. The van der Waals surface area contributed by atoms with E-state index in [1.54, 1.807) is 34.1 Å². The molecular formula is C14H15ClN6O2. The molecule has 0 N–H and O–H groups in total. The van der Waals surface area contributed by atoms with Crippen molar-refractivity contribution in [2.45, 2.75) is 6.54 Å². The molecule has 0 unspecified atom stereocenters. The number of amides is 2. The molecule has 2 heterocycles. The van der Waals surface area contributed by atoms with Crippen molar-refractivity contribution in [2.24, 2.45) is 0 Å². The number of piperazine rings is 1. The van der Waals surface area contributed by atoms with Gasteiger partial charge in [0.25, 0.3) is 5.91 Å². The van der Waals surface area contributed by atoms with E-state index in [-0.39, 0.29) is 18.4 Å². The summed E-state index contributed by atoms with van der Waals surface area (Å²) in [5.41, 5.74) is 0.489. The van der Waals surface area contributed by atoms with Gasteiger partial charge in [-0.3, -0.25) is 9.59 Å². The second-order valence-electron chi connectivity index (χ2n) is 5.16. The van der Waals surface area contributed by atoms with Crippen LogP contribution >= 0.6 is 11.6 Å². The highest BCUT2D eigenvalue weighted by Gasteiger charge is 2.25. The Morgan fingerprint density at radius 3 is 2.43 bits per heavy atom. The summed E-state index contributed by atoms with van der Waals surface area (Å²) >= 11 is 6.06. The molecule has 0 spiro atoms. The molecule has 23 heavy (non-hydrogen) atoms. The zero-order chi connectivity index (χ0) is 16.2. The molecule has 0 bridgehead atoms. The van der Waals surface area contributed by atoms with E-state index in [1.807, 2.05) is 0 Å². The van der Waals surface area contributed by atoms with Crippen LogP contribution in [0.3, 0.4) is 0 Å². The first kappa shape index (κ1) is 15.4. The lowest BCUT2D eigenvalue weighted by Crippen LogP contribution is -2.51. The highest BCUT2D eigenvalue weighted by molar-refractivity contribution is 6.33. The van der Waals surface area contributed by atoms with E-state index in [4.69, 9.17) is 11.6 Å². The molecule has 0 radical (unpaired) electrons. The van der Waals surface area contributed by atoms with E-state index < -0.39 is 0 Å². The molecule has 1 saturated heterocycles. The summed E-state index contributed by atoms with van der Waals surface area (Å²) in [4.78, 5) is 28.0. The highest BCUT2D eigenvalue weighted by atomic mass is 35.5. The van der Waals surface area contributed by atoms with Gasteiger partial charge in [-0.25, -0.2) is 4.68 Å². The number of nitrogens with zero attached hydrogens (tertiary/aromatic N) is 6. The number of benzene rings is 1. The molecule has 2 aromatic rings. The Bertz CT molecular complexity index is 697. The van der Waals surface area contributed by atoms with E-state index in [0.717, 1.165) is 0 Å². The average molecular weight is 335 g/mol. The fraction of sp³-hybridized carbons (Fsp3) is 0.357. The standard InChI is InChI=1S/C14H15ClN6O2/c15-12-4-2-1-3-11(12)14(23)20-7-5-19(6-8-20)13(22)9-21-10-16-17-18-21/h1-4,10H,5-9H2. The van der Waals surface area contributed by atoms with Gasteiger partial charge in [-0.2, -0.15) is 0 Å². The molecule has 8 nitrogen and oxygen atoms in total. The summed E-state index contributed by atoms with van der Waals surface area (Å²) in [5.74, 6) is -0.176. The maximum absolute atomic E-state index is 12.5. The number of carbonyl (C=O) groups excluding carboxylic acids is 2. The van der Waals surface area contributed by atoms with Crippen LogP contribution in [0, 0.1) is 0 Å². The molecule has 1 fully saturated rings. The number of aromatic nitrogens is 4. The quantitative estimate of drug-likeness (QED) is 0.806. The lowest BCUT2D eigenvalue weighted by atomic mass is 10.2. The van der Waals surface area contributed by atoms with Gasteiger partial charge in [-0.15, -0.1) is 5.10 Å². The van der Waals surface area contributed by atoms with Gasteiger partial charge in [0, 0.05) is 26.2 Å². The van der Waals surface area contributed by atoms with Crippen LogP contribution in [0.2, 0.25) is 5.02 Å². The maximum Gasteiger partial charge on any atom is 0.255 e. The van der Waals surface area contributed by atoms with Gasteiger partial charge in [0.2, 0.25) is 5.91 Å². The number of hydrogen-bond donors (Lipinski definition) is 0. The zero-order valence-electron chi connectivity index (χ0n) is 12.3. The monoisotopic (exact) mass is 334 g/mol. The molecule has 120 valence electrons. The van der Waals surface area contributed by atoms with Gasteiger partial charge in [0.15, 0.2) is 0 Å². The van der Waals surface area contributed by atoms with Crippen LogP contribution in [-0.4, -0.2) is 68.0 Å². The van der Waals surface area contributed by atoms with Crippen LogP contribution in [0.25, 0.3) is 0 Å². The molecule has 0 atom stereocenters. The van der Waals surface area contributed by atoms with Crippen molar-refractivity contribution in [1.82, 2.24) is 30.0 Å².